The van der Waals surface area contributed by atoms with E-state index in [1.807, 2.05) is 32.0 Å². The van der Waals surface area contributed by atoms with Crippen molar-refractivity contribution in [3.8, 4) is 0 Å². The predicted octanol–water partition coefficient (Wildman–Crippen LogP) is 1.51. The van der Waals surface area contributed by atoms with Gasteiger partial charge in [0.15, 0.2) is 0 Å². The van der Waals surface area contributed by atoms with Crippen LogP contribution in [0.5, 0.6) is 0 Å². The van der Waals surface area contributed by atoms with Crippen molar-refractivity contribution in [1.29, 1.82) is 0 Å². The topological polar surface area (TPSA) is 50.3 Å². The number of hydrogen-bond donors (Lipinski definition) is 0. The van der Waals surface area contributed by atoms with Crippen LogP contribution >= 0.6 is 0 Å². The van der Waals surface area contributed by atoms with Crippen molar-refractivity contribution < 1.29 is 8.42 Å². The van der Waals surface area contributed by atoms with Crippen LogP contribution < -0.4 is 0 Å². The van der Waals surface area contributed by atoms with E-state index in [9.17, 15) is 8.42 Å². The molecule has 0 saturated carbocycles. The third-order valence-corrected chi connectivity index (χ3v) is 3.74. The van der Waals surface area contributed by atoms with Crippen molar-refractivity contribution in [3.63, 3.8) is 0 Å². The summed E-state index contributed by atoms with van der Waals surface area (Å²) in [5, 5.41) is 0. The zero-order valence-corrected chi connectivity index (χ0v) is 11.4. The van der Waals surface area contributed by atoms with Gasteiger partial charge in [0.25, 0.3) is 0 Å². The van der Waals surface area contributed by atoms with Gasteiger partial charge in [-0.25, -0.2) is 8.42 Å². The molecule has 0 bridgehead atoms. The molecule has 0 radical (unpaired) electrons. The Bertz CT molecular complexity index is 431. The molecule has 96 valence electrons. The van der Waals surface area contributed by atoms with Crippen LogP contribution in [-0.2, 0) is 9.84 Å². The largest absolute Gasteiger partial charge is 0.294 e. The summed E-state index contributed by atoms with van der Waals surface area (Å²) in [6, 6.07) is 5.93. The first-order valence-corrected chi connectivity index (χ1v) is 7.83. The molecule has 1 aromatic heterocycles. The number of pyridine rings is 1. The maximum atomic E-state index is 11.2. The quantitative estimate of drug-likeness (QED) is 0.774. The van der Waals surface area contributed by atoms with Crippen molar-refractivity contribution in [2.45, 2.75) is 19.9 Å². The highest BCUT2D eigenvalue weighted by Crippen LogP contribution is 2.16. The molecule has 1 unspecified atom stereocenters. The van der Waals surface area contributed by atoms with Gasteiger partial charge >= 0.3 is 0 Å². The maximum absolute atomic E-state index is 11.2. The van der Waals surface area contributed by atoms with E-state index in [1.54, 1.807) is 6.20 Å². The van der Waals surface area contributed by atoms with E-state index in [-0.39, 0.29) is 11.8 Å². The van der Waals surface area contributed by atoms with Gasteiger partial charge in [0.1, 0.15) is 9.84 Å². The normalized spacial score (nSPS) is 13.9. The molecule has 1 atom stereocenters. The van der Waals surface area contributed by atoms with E-state index in [1.165, 1.54) is 6.26 Å². The van der Waals surface area contributed by atoms with Gasteiger partial charge in [0, 0.05) is 25.0 Å². The smallest absolute Gasteiger partial charge is 0.148 e. The standard InChI is InChI=1S/C12H20N2O2S/c1-4-14(9-10-17(3,15)16)11(2)12-7-5-6-8-13-12/h5-8,11H,4,9-10H2,1-3H3. The van der Waals surface area contributed by atoms with Gasteiger partial charge in [-0.1, -0.05) is 13.0 Å². The Kier molecular flexibility index (Phi) is 5.08. The van der Waals surface area contributed by atoms with Gasteiger partial charge in [-0.3, -0.25) is 9.88 Å². The molecule has 0 spiro atoms. The summed E-state index contributed by atoms with van der Waals surface area (Å²) in [7, 11) is -2.91. The summed E-state index contributed by atoms with van der Waals surface area (Å²) in [6.45, 7) is 5.44. The summed E-state index contributed by atoms with van der Waals surface area (Å²) in [4.78, 5) is 6.42. The van der Waals surface area contributed by atoms with E-state index in [0.717, 1.165) is 12.2 Å². The van der Waals surface area contributed by atoms with Crippen LogP contribution in [0, 0.1) is 0 Å². The average molecular weight is 256 g/mol. The Morgan fingerprint density at radius 1 is 1.41 bits per heavy atom. The van der Waals surface area contributed by atoms with Gasteiger partial charge in [-0.05, 0) is 25.6 Å². The molecule has 0 aliphatic heterocycles. The molecular weight excluding hydrogens is 236 g/mol. The van der Waals surface area contributed by atoms with Crippen molar-refractivity contribution in [3.05, 3.63) is 30.1 Å². The molecule has 1 aromatic rings. The molecule has 1 heterocycles. The summed E-state index contributed by atoms with van der Waals surface area (Å²) < 4.78 is 22.3. The van der Waals surface area contributed by atoms with Crippen LogP contribution in [0.1, 0.15) is 25.6 Å². The first-order valence-electron chi connectivity index (χ1n) is 5.76. The average Bonchev–Trinajstić information content (AvgIpc) is 2.29. The van der Waals surface area contributed by atoms with E-state index >= 15 is 0 Å². The first-order chi connectivity index (χ1) is 7.94. The zero-order valence-electron chi connectivity index (χ0n) is 10.6. The van der Waals surface area contributed by atoms with Gasteiger partial charge < -0.3 is 0 Å². The first kappa shape index (κ1) is 14.1. The van der Waals surface area contributed by atoms with Crippen molar-refractivity contribution in [1.82, 2.24) is 9.88 Å². The second kappa shape index (κ2) is 6.12. The molecule has 1 rings (SSSR count). The van der Waals surface area contributed by atoms with Crippen molar-refractivity contribution >= 4 is 9.84 Å². The van der Waals surface area contributed by atoms with E-state index in [0.29, 0.717) is 6.54 Å². The summed E-state index contributed by atoms with van der Waals surface area (Å²) in [6.07, 6.45) is 3.03. The molecule has 0 aliphatic rings. The number of nitrogens with zero attached hydrogens (tertiary/aromatic N) is 2. The minimum atomic E-state index is -2.91. The summed E-state index contributed by atoms with van der Waals surface area (Å²) in [5.41, 5.74) is 0.975. The predicted molar refractivity (Wildman–Crippen MR) is 69.6 cm³/mol. The van der Waals surface area contributed by atoms with Crippen LogP contribution in [0.15, 0.2) is 24.4 Å². The summed E-state index contributed by atoms with van der Waals surface area (Å²) in [5.74, 6) is 0.192. The maximum Gasteiger partial charge on any atom is 0.148 e. The molecular formula is C12H20N2O2S. The van der Waals surface area contributed by atoms with E-state index < -0.39 is 9.84 Å². The molecule has 0 aromatic carbocycles. The molecule has 0 amide bonds. The summed E-state index contributed by atoms with van der Waals surface area (Å²) >= 11 is 0. The lowest BCUT2D eigenvalue weighted by Gasteiger charge is -2.26. The van der Waals surface area contributed by atoms with Crippen LogP contribution in [0.4, 0.5) is 0 Å². The minimum Gasteiger partial charge on any atom is -0.294 e. The number of sulfone groups is 1. The number of rotatable bonds is 6. The van der Waals surface area contributed by atoms with Crippen molar-refractivity contribution in [2.75, 3.05) is 25.1 Å². The molecule has 0 saturated heterocycles. The molecule has 0 fully saturated rings. The Morgan fingerprint density at radius 3 is 2.59 bits per heavy atom. The van der Waals surface area contributed by atoms with Crippen LogP contribution in [0.3, 0.4) is 0 Å². The lowest BCUT2D eigenvalue weighted by molar-refractivity contribution is 0.231. The minimum absolute atomic E-state index is 0.142. The van der Waals surface area contributed by atoms with Gasteiger partial charge in [0.2, 0.25) is 0 Å². The molecule has 4 nitrogen and oxygen atoms in total. The molecule has 0 N–H and O–H groups in total. The second-order valence-electron chi connectivity index (χ2n) is 4.19. The van der Waals surface area contributed by atoms with Crippen molar-refractivity contribution in [2.24, 2.45) is 0 Å². The molecule has 17 heavy (non-hydrogen) atoms. The fourth-order valence-electron chi connectivity index (χ4n) is 1.72. The number of hydrogen-bond acceptors (Lipinski definition) is 4. The van der Waals surface area contributed by atoms with E-state index in [2.05, 4.69) is 9.88 Å². The fourth-order valence-corrected chi connectivity index (χ4v) is 2.29. The Morgan fingerprint density at radius 2 is 2.12 bits per heavy atom. The van der Waals surface area contributed by atoms with E-state index in [4.69, 9.17) is 0 Å². The van der Waals surface area contributed by atoms with Crippen LogP contribution in [0.25, 0.3) is 0 Å². The Labute approximate surface area is 104 Å². The SMILES string of the molecule is CCN(CCS(C)(=O)=O)C(C)c1ccccn1. The monoisotopic (exact) mass is 256 g/mol. The zero-order chi connectivity index (χ0) is 12.9. The number of aromatic nitrogens is 1. The lowest BCUT2D eigenvalue weighted by atomic mass is 10.2. The van der Waals surface area contributed by atoms with Gasteiger partial charge in [0.05, 0.1) is 11.4 Å². The third kappa shape index (κ3) is 4.83. The van der Waals surface area contributed by atoms with Gasteiger partial charge in [-0.15, -0.1) is 0 Å². The molecule has 5 heteroatoms. The highest BCUT2D eigenvalue weighted by atomic mass is 32.2. The second-order valence-corrected chi connectivity index (χ2v) is 6.45. The van der Waals surface area contributed by atoms with Crippen LogP contribution in [-0.4, -0.2) is 43.4 Å². The van der Waals surface area contributed by atoms with Gasteiger partial charge in [-0.2, -0.15) is 0 Å². The van der Waals surface area contributed by atoms with Crippen LogP contribution in [0.2, 0.25) is 0 Å². The lowest BCUT2D eigenvalue weighted by Crippen LogP contribution is -2.32. The fraction of sp³-hybridized carbons (Fsp3) is 0.583. The Balaban J connectivity index is 2.68. The Hall–Kier alpha value is -0.940. The highest BCUT2D eigenvalue weighted by molar-refractivity contribution is 7.90. The highest BCUT2D eigenvalue weighted by Gasteiger charge is 2.16. The molecule has 0 aliphatic carbocycles. The third-order valence-electron chi connectivity index (χ3n) is 2.82.